The van der Waals surface area contributed by atoms with E-state index in [9.17, 15) is 0 Å². The Balaban J connectivity index is 2.03. The largest absolute Gasteiger partial charge is 0.262 e. The molecule has 0 saturated carbocycles. The molecule has 1 aromatic carbocycles. The number of aliphatic imine (C=N–C) groups is 1. The van der Waals surface area contributed by atoms with E-state index in [1.807, 2.05) is 48.7 Å². The van der Waals surface area contributed by atoms with Crippen LogP contribution in [-0.4, -0.2) is 16.2 Å². The van der Waals surface area contributed by atoms with Crippen molar-refractivity contribution in [2.75, 3.05) is 0 Å². The molecule has 2 aromatic heterocycles. The van der Waals surface area contributed by atoms with Gasteiger partial charge in [0.2, 0.25) is 0 Å². The fraction of sp³-hybridized carbons (Fsp3) is 0. The molecule has 0 bridgehead atoms. The molecule has 0 unspecified atom stereocenters. The Hall–Kier alpha value is -2.55. The second kappa shape index (κ2) is 4.75. The summed E-state index contributed by atoms with van der Waals surface area (Å²) >= 11 is 0. The van der Waals surface area contributed by atoms with E-state index in [4.69, 9.17) is 0 Å². The Morgan fingerprint density at radius 3 is 2.78 bits per heavy atom. The highest BCUT2D eigenvalue weighted by atomic mass is 14.8. The van der Waals surface area contributed by atoms with Gasteiger partial charge in [-0.3, -0.25) is 15.0 Å². The molecule has 0 aliphatic rings. The van der Waals surface area contributed by atoms with Gasteiger partial charge in [-0.1, -0.05) is 18.2 Å². The van der Waals surface area contributed by atoms with Crippen molar-refractivity contribution in [1.29, 1.82) is 0 Å². The van der Waals surface area contributed by atoms with E-state index < -0.39 is 0 Å². The highest BCUT2D eigenvalue weighted by Crippen LogP contribution is 2.15. The van der Waals surface area contributed by atoms with Gasteiger partial charge >= 0.3 is 0 Å². The molecule has 18 heavy (non-hydrogen) atoms. The predicted octanol–water partition coefficient (Wildman–Crippen LogP) is 3.38. The van der Waals surface area contributed by atoms with Crippen molar-refractivity contribution in [3.8, 4) is 0 Å². The number of hydrogen-bond acceptors (Lipinski definition) is 3. The average molecular weight is 233 g/mol. The Morgan fingerprint density at radius 1 is 0.944 bits per heavy atom. The third kappa shape index (κ3) is 2.11. The second-order valence-corrected chi connectivity index (χ2v) is 3.89. The van der Waals surface area contributed by atoms with Gasteiger partial charge in [0.1, 0.15) is 0 Å². The first-order valence-corrected chi connectivity index (χ1v) is 5.71. The molecule has 0 saturated heterocycles. The average Bonchev–Trinajstić information content (AvgIpc) is 2.46. The molecular weight excluding hydrogens is 222 g/mol. The number of pyridine rings is 2. The zero-order valence-electron chi connectivity index (χ0n) is 9.69. The summed E-state index contributed by atoms with van der Waals surface area (Å²) in [6.45, 7) is 0. The highest BCUT2D eigenvalue weighted by molar-refractivity contribution is 5.98. The van der Waals surface area contributed by atoms with Crippen LogP contribution in [0.15, 0.2) is 66.0 Å². The third-order valence-corrected chi connectivity index (χ3v) is 2.68. The van der Waals surface area contributed by atoms with Crippen LogP contribution in [0, 0.1) is 0 Å². The summed E-state index contributed by atoms with van der Waals surface area (Å²) in [5, 5.41) is 1.10. The summed E-state index contributed by atoms with van der Waals surface area (Å²) in [6.07, 6.45) is 7.12. The maximum absolute atomic E-state index is 4.41. The maximum Gasteiger partial charge on any atom is 0.0813 e. The molecule has 0 radical (unpaired) electrons. The topological polar surface area (TPSA) is 38.1 Å². The van der Waals surface area contributed by atoms with Crippen molar-refractivity contribution in [2.24, 2.45) is 4.99 Å². The molecule has 3 aromatic rings. The number of rotatable bonds is 2. The zero-order valence-corrected chi connectivity index (χ0v) is 9.69. The number of benzene rings is 1. The van der Waals surface area contributed by atoms with Crippen molar-refractivity contribution in [1.82, 2.24) is 9.97 Å². The summed E-state index contributed by atoms with van der Waals surface area (Å²) in [5.41, 5.74) is 2.88. The van der Waals surface area contributed by atoms with Gasteiger partial charge in [0.25, 0.3) is 0 Å². The van der Waals surface area contributed by atoms with E-state index in [-0.39, 0.29) is 0 Å². The standard InChI is InChI=1S/C15H11N3/c1-2-6-15-14(5-1)12(7-9-17-15)10-18-13-4-3-8-16-11-13/h1-11H. The van der Waals surface area contributed by atoms with E-state index in [1.165, 1.54) is 0 Å². The summed E-state index contributed by atoms with van der Waals surface area (Å²) < 4.78 is 0. The first-order chi connectivity index (χ1) is 8.93. The highest BCUT2D eigenvalue weighted by Gasteiger charge is 1.97. The third-order valence-electron chi connectivity index (χ3n) is 2.68. The minimum absolute atomic E-state index is 0.846. The van der Waals surface area contributed by atoms with Gasteiger partial charge in [0.15, 0.2) is 0 Å². The molecule has 0 amide bonds. The van der Waals surface area contributed by atoms with E-state index in [0.29, 0.717) is 0 Å². The molecule has 3 heteroatoms. The number of nitrogens with zero attached hydrogens (tertiary/aromatic N) is 3. The molecule has 0 atom stereocenters. The van der Waals surface area contributed by atoms with E-state index in [0.717, 1.165) is 22.2 Å². The molecule has 0 aliphatic carbocycles. The maximum atomic E-state index is 4.41. The molecular formula is C15H11N3. The first-order valence-electron chi connectivity index (χ1n) is 5.71. The van der Waals surface area contributed by atoms with E-state index in [1.54, 1.807) is 18.6 Å². The van der Waals surface area contributed by atoms with Gasteiger partial charge in [0.05, 0.1) is 17.4 Å². The quantitative estimate of drug-likeness (QED) is 0.636. The SMILES string of the molecule is C(=Nc1cccnc1)c1ccnc2ccccc12. The fourth-order valence-electron chi connectivity index (χ4n) is 1.80. The molecule has 2 heterocycles. The number of para-hydroxylation sites is 1. The lowest BCUT2D eigenvalue weighted by Crippen LogP contribution is -1.86. The molecule has 0 aliphatic heterocycles. The Kier molecular flexibility index (Phi) is 2.80. The summed E-state index contributed by atoms with van der Waals surface area (Å²) in [4.78, 5) is 12.8. The monoisotopic (exact) mass is 233 g/mol. The molecule has 86 valence electrons. The van der Waals surface area contributed by atoms with Gasteiger partial charge in [-0.05, 0) is 24.3 Å². The van der Waals surface area contributed by atoms with Crippen LogP contribution in [-0.2, 0) is 0 Å². The van der Waals surface area contributed by atoms with Crippen molar-refractivity contribution < 1.29 is 0 Å². The summed E-state index contributed by atoms with van der Waals surface area (Å²) in [7, 11) is 0. The smallest absolute Gasteiger partial charge is 0.0813 e. The van der Waals surface area contributed by atoms with Gasteiger partial charge in [-0.15, -0.1) is 0 Å². The molecule has 3 nitrogen and oxygen atoms in total. The van der Waals surface area contributed by atoms with Crippen LogP contribution in [0.3, 0.4) is 0 Å². The van der Waals surface area contributed by atoms with Crippen LogP contribution in [0.1, 0.15) is 5.56 Å². The lowest BCUT2D eigenvalue weighted by molar-refractivity contribution is 1.31. The Morgan fingerprint density at radius 2 is 1.89 bits per heavy atom. The minimum atomic E-state index is 0.846. The lowest BCUT2D eigenvalue weighted by atomic mass is 10.1. The minimum Gasteiger partial charge on any atom is -0.262 e. The number of fused-ring (bicyclic) bond motifs is 1. The van der Waals surface area contributed by atoms with Crippen LogP contribution in [0.5, 0.6) is 0 Å². The second-order valence-electron chi connectivity index (χ2n) is 3.89. The molecule has 0 fully saturated rings. The van der Waals surface area contributed by atoms with E-state index >= 15 is 0 Å². The van der Waals surface area contributed by atoms with Crippen LogP contribution in [0.25, 0.3) is 10.9 Å². The number of aromatic nitrogens is 2. The van der Waals surface area contributed by atoms with Crippen molar-refractivity contribution in [3.05, 3.63) is 66.6 Å². The van der Waals surface area contributed by atoms with Crippen LogP contribution in [0.4, 0.5) is 5.69 Å². The Labute approximate surface area is 105 Å². The van der Waals surface area contributed by atoms with Gasteiger partial charge in [-0.2, -0.15) is 0 Å². The molecule has 0 spiro atoms. The van der Waals surface area contributed by atoms with E-state index in [2.05, 4.69) is 15.0 Å². The van der Waals surface area contributed by atoms with Crippen molar-refractivity contribution >= 4 is 22.8 Å². The van der Waals surface area contributed by atoms with Gasteiger partial charge in [0, 0.05) is 29.6 Å². The molecule has 0 N–H and O–H groups in total. The fourth-order valence-corrected chi connectivity index (χ4v) is 1.80. The van der Waals surface area contributed by atoms with Crippen molar-refractivity contribution in [3.63, 3.8) is 0 Å². The summed E-state index contributed by atoms with van der Waals surface area (Å²) in [6, 6.07) is 13.8. The van der Waals surface area contributed by atoms with Gasteiger partial charge < -0.3 is 0 Å². The van der Waals surface area contributed by atoms with Gasteiger partial charge in [-0.25, -0.2) is 0 Å². The number of hydrogen-bond donors (Lipinski definition) is 0. The Bertz CT molecular complexity index is 685. The normalized spacial score (nSPS) is 11.1. The zero-order chi connectivity index (χ0) is 12.2. The van der Waals surface area contributed by atoms with Crippen LogP contribution in [0.2, 0.25) is 0 Å². The van der Waals surface area contributed by atoms with Crippen molar-refractivity contribution in [2.45, 2.75) is 0 Å². The lowest BCUT2D eigenvalue weighted by Gasteiger charge is -2.00. The first kappa shape index (κ1) is 10.6. The van der Waals surface area contributed by atoms with Crippen LogP contribution < -0.4 is 0 Å². The van der Waals surface area contributed by atoms with Crippen LogP contribution >= 0.6 is 0 Å². The summed E-state index contributed by atoms with van der Waals surface area (Å²) in [5.74, 6) is 0. The molecule has 3 rings (SSSR count). The predicted molar refractivity (Wildman–Crippen MR) is 73.2 cm³/mol.